The zero-order chi connectivity index (χ0) is 12.8. The highest BCUT2D eigenvalue weighted by Gasteiger charge is 2.22. The molecule has 0 aromatic carbocycles. The molecule has 0 fully saturated rings. The molecule has 0 aliphatic carbocycles. The molecule has 6 nitrogen and oxygen atoms in total. The maximum atomic E-state index is 11.2. The normalized spacial score (nSPS) is 11.9. The van der Waals surface area contributed by atoms with Crippen molar-refractivity contribution in [2.75, 3.05) is 13.1 Å². The van der Waals surface area contributed by atoms with Crippen molar-refractivity contribution in [2.24, 2.45) is 5.11 Å². The molecule has 0 spiro atoms. The fourth-order valence-corrected chi connectivity index (χ4v) is 2.53. The second-order valence-corrected chi connectivity index (χ2v) is 5.01. The molecule has 1 unspecified atom stereocenters. The van der Waals surface area contributed by atoms with E-state index in [1.165, 1.54) is 0 Å². The number of aryl methyl sites for hydroxylation is 2. The topological polar surface area (TPSA) is 98.1 Å². The molecule has 92 valence electrons. The predicted octanol–water partition coefficient (Wildman–Crippen LogP) is 2.39. The van der Waals surface area contributed by atoms with Crippen molar-refractivity contribution in [3.05, 3.63) is 31.8 Å². The summed E-state index contributed by atoms with van der Waals surface area (Å²) in [5, 5.41) is 15.4. The number of hydrogen-bond acceptors (Lipinski definition) is 4. The highest BCUT2D eigenvalue weighted by molar-refractivity contribution is 7.12. The maximum Gasteiger partial charge on any atom is 0.325 e. The zero-order valence-corrected chi connectivity index (χ0v) is 10.5. The summed E-state index contributed by atoms with van der Waals surface area (Å²) < 4.78 is 0. The number of carbonyl (C=O) groups is 1. The van der Waals surface area contributed by atoms with Crippen LogP contribution >= 0.6 is 11.3 Å². The molecule has 0 aliphatic heterocycles. The number of nitrogens with zero attached hydrogens (tertiary/aromatic N) is 3. The number of aliphatic carboxylic acids is 1. The Kier molecular flexibility index (Phi) is 4.96. The van der Waals surface area contributed by atoms with Gasteiger partial charge in [0.2, 0.25) is 0 Å². The molecule has 0 amide bonds. The monoisotopic (exact) mass is 254 g/mol. The molecule has 0 radical (unpaired) electrons. The number of thiophene rings is 1. The van der Waals surface area contributed by atoms with Crippen molar-refractivity contribution in [2.45, 2.75) is 19.9 Å². The molecule has 0 saturated carbocycles. The van der Waals surface area contributed by atoms with Gasteiger partial charge in [-0.15, -0.1) is 11.3 Å². The van der Waals surface area contributed by atoms with Crippen molar-refractivity contribution in [1.29, 1.82) is 0 Å². The second-order valence-electron chi connectivity index (χ2n) is 3.55. The lowest BCUT2D eigenvalue weighted by atomic mass is 10.1. The van der Waals surface area contributed by atoms with E-state index >= 15 is 0 Å². The summed E-state index contributed by atoms with van der Waals surface area (Å²) in [4.78, 5) is 15.9. The third-order valence-corrected chi connectivity index (χ3v) is 3.24. The molecule has 1 aromatic rings. The standard InChI is InChI=1S/C10H14N4O2S/c1-6-5-8(7(2)17-6)9(10(15)16)12-3-4-13-14-11/h5,9,12H,3-4H2,1-2H3,(H,15,16). The number of carboxylic acids is 1. The quantitative estimate of drug-likeness (QED) is 0.353. The van der Waals surface area contributed by atoms with Crippen molar-refractivity contribution < 1.29 is 9.90 Å². The minimum absolute atomic E-state index is 0.239. The van der Waals surface area contributed by atoms with E-state index in [-0.39, 0.29) is 6.54 Å². The van der Waals surface area contributed by atoms with Gasteiger partial charge in [-0.05, 0) is 31.0 Å². The Morgan fingerprint density at radius 2 is 2.41 bits per heavy atom. The lowest BCUT2D eigenvalue weighted by Crippen LogP contribution is -2.30. The van der Waals surface area contributed by atoms with Crippen LogP contribution in [-0.4, -0.2) is 24.2 Å². The summed E-state index contributed by atoms with van der Waals surface area (Å²) in [6.07, 6.45) is 0. The van der Waals surface area contributed by atoms with Gasteiger partial charge in [-0.25, -0.2) is 0 Å². The molecule has 0 bridgehead atoms. The van der Waals surface area contributed by atoms with E-state index < -0.39 is 12.0 Å². The Bertz CT molecular complexity index is 451. The van der Waals surface area contributed by atoms with Crippen molar-refractivity contribution in [3.63, 3.8) is 0 Å². The average Bonchev–Trinajstić information content (AvgIpc) is 2.57. The van der Waals surface area contributed by atoms with Crippen LogP contribution in [0, 0.1) is 13.8 Å². The third kappa shape index (κ3) is 3.74. The molecule has 0 saturated heterocycles. The summed E-state index contributed by atoms with van der Waals surface area (Å²) in [6.45, 7) is 4.43. The molecule has 1 heterocycles. The summed E-state index contributed by atoms with van der Waals surface area (Å²) >= 11 is 1.57. The first-order valence-corrected chi connectivity index (χ1v) is 5.92. The van der Waals surface area contributed by atoms with Gasteiger partial charge in [0.05, 0.1) is 0 Å². The first-order valence-electron chi connectivity index (χ1n) is 5.10. The minimum atomic E-state index is -0.924. The van der Waals surface area contributed by atoms with E-state index in [1.54, 1.807) is 11.3 Å². The SMILES string of the molecule is Cc1cc(C(NCCN=[N+]=[N-])C(=O)O)c(C)s1. The van der Waals surface area contributed by atoms with E-state index in [9.17, 15) is 4.79 Å². The number of rotatable bonds is 6. The number of azide groups is 1. The van der Waals surface area contributed by atoms with Gasteiger partial charge in [-0.2, -0.15) is 0 Å². The molecule has 17 heavy (non-hydrogen) atoms. The predicted molar refractivity (Wildman–Crippen MR) is 66.2 cm³/mol. The first-order chi connectivity index (χ1) is 8.06. The van der Waals surface area contributed by atoms with Gasteiger partial charge in [0.15, 0.2) is 0 Å². The number of nitrogens with one attached hydrogen (secondary N) is 1. The molecular formula is C10H14N4O2S. The first kappa shape index (κ1) is 13.5. The van der Waals surface area contributed by atoms with Crippen LogP contribution in [0.3, 0.4) is 0 Å². The van der Waals surface area contributed by atoms with Crippen LogP contribution in [0.4, 0.5) is 0 Å². The summed E-state index contributed by atoms with van der Waals surface area (Å²) in [5.74, 6) is -0.924. The summed E-state index contributed by atoms with van der Waals surface area (Å²) in [7, 11) is 0. The highest BCUT2D eigenvalue weighted by Crippen LogP contribution is 2.26. The summed E-state index contributed by atoms with van der Waals surface area (Å²) in [6, 6.07) is 1.13. The summed E-state index contributed by atoms with van der Waals surface area (Å²) in [5.41, 5.74) is 8.90. The van der Waals surface area contributed by atoms with E-state index in [1.807, 2.05) is 19.9 Å². The van der Waals surface area contributed by atoms with Gasteiger partial charge in [0.1, 0.15) is 6.04 Å². The van der Waals surface area contributed by atoms with Crippen molar-refractivity contribution in [3.8, 4) is 0 Å². The lowest BCUT2D eigenvalue weighted by molar-refractivity contribution is -0.139. The van der Waals surface area contributed by atoms with E-state index in [0.29, 0.717) is 6.54 Å². The van der Waals surface area contributed by atoms with E-state index in [2.05, 4.69) is 15.3 Å². The van der Waals surface area contributed by atoms with Gasteiger partial charge in [0, 0.05) is 27.8 Å². The molecule has 1 rings (SSSR count). The Balaban J connectivity index is 2.75. The Labute approximate surface area is 103 Å². The van der Waals surface area contributed by atoms with Gasteiger partial charge in [-0.1, -0.05) is 5.11 Å². The number of hydrogen-bond donors (Lipinski definition) is 2. The number of carboxylic acid groups (broad SMARTS) is 1. The Morgan fingerprint density at radius 1 is 1.71 bits per heavy atom. The molecule has 1 aromatic heterocycles. The van der Waals surface area contributed by atoms with Gasteiger partial charge in [-0.3, -0.25) is 4.79 Å². The van der Waals surface area contributed by atoms with Crippen LogP contribution in [0.5, 0.6) is 0 Å². The molecule has 1 atom stereocenters. The fraction of sp³-hybridized carbons (Fsp3) is 0.500. The zero-order valence-electron chi connectivity index (χ0n) is 9.67. The molecule has 7 heteroatoms. The Hall–Kier alpha value is -1.56. The van der Waals surface area contributed by atoms with Gasteiger partial charge in [0.25, 0.3) is 0 Å². The Morgan fingerprint density at radius 3 is 2.88 bits per heavy atom. The molecule has 0 aliphatic rings. The molecule has 2 N–H and O–H groups in total. The van der Waals surface area contributed by atoms with Crippen molar-refractivity contribution >= 4 is 17.3 Å². The van der Waals surface area contributed by atoms with E-state index in [4.69, 9.17) is 10.6 Å². The average molecular weight is 254 g/mol. The second kappa shape index (κ2) is 6.24. The maximum absolute atomic E-state index is 11.2. The van der Waals surface area contributed by atoms with Crippen LogP contribution in [0.1, 0.15) is 21.4 Å². The van der Waals surface area contributed by atoms with Crippen molar-refractivity contribution in [1.82, 2.24) is 5.32 Å². The smallest absolute Gasteiger partial charge is 0.325 e. The minimum Gasteiger partial charge on any atom is -0.480 e. The van der Waals surface area contributed by atoms with Gasteiger partial charge < -0.3 is 10.4 Å². The van der Waals surface area contributed by atoms with Crippen LogP contribution in [0.2, 0.25) is 0 Å². The van der Waals surface area contributed by atoms with Crippen LogP contribution < -0.4 is 5.32 Å². The highest BCUT2D eigenvalue weighted by atomic mass is 32.1. The lowest BCUT2D eigenvalue weighted by Gasteiger charge is -2.13. The fourth-order valence-electron chi connectivity index (χ4n) is 1.57. The third-order valence-electron chi connectivity index (χ3n) is 2.26. The largest absolute Gasteiger partial charge is 0.480 e. The van der Waals surface area contributed by atoms with Crippen LogP contribution in [0.15, 0.2) is 11.2 Å². The van der Waals surface area contributed by atoms with Crippen LogP contribution in [0.25, 0.3) is 10.4 Å². The molecular weight excluding hydrogens is 240 g/mol. The van der Waals surface area contributed by atoms with E-state index in [0.717, 1.165) is 15.3 Å². The van der Waals surface area contributed by atoms with Crippen LogP contribution in [-0.2, 0) is 4.79 Å². The van der Waals surface area contributed by atoms with Gasteiger partial charge >= 0.3 is 5.97 Å².